The summed E-state index contributed by atoms with van der Waals surface area (Å²) in [5.41, 5.74) is 2.12. The van der Waals surface area contributed by atoms with Crippen molar-refractivity contribution in [3.63, 3.8) is 0 Å². The van der Waals surface area contributed by atoms with E-state index in [2.05, 4.69) is 19.2 Å². The Labute approximate surface area is 68.2 Å². The van der Waals surface area contributed by atoms with E-state index in [0.717, 1.165) is 11.0 Å². The van der Waals surface area contributed by atoms with Crippen LogP contribution < -0.4 is 0 Å². The van der Waals surface area contributed by atoms with Crippen LogP contribution in [0.5, 0.6) is 0 Å². The highest BCUT2D eigenvalue weighted by molar-refractivity contribution is 7.15. The van der Waals surface area contributed by atoms with Gasteiger partial charge in [-0.05, 0) is 18.2 Å². The first kappa shape index (κ1) is 8.22. The summed E-state index contributed by atoms with van der Waals surface area (Å²) < 4.78 is 0. The average molecular weight is 166 g/mol. The molecule has 2 nitrogen and oxygen atoms in total. The molecular weight excluding hydrogens is 155 g/mol. The minimum Gasteiger partial charge on any atom is -0.360 e. The van der Waals surface area contributed by atoms with Crippen molar-refractivity contribution in [2.45, 2.75) is 0 Å². The van der Waals surface area contributed by atoms with E-state index >= 15 is 0 Å². The van der Waals surface area contributed by atoms with Crippen molar-refractivity contribution in [3.05, 3.63) is 30.6 Å². The van der Waals surface area contributed by atoms with Crippen LogP contribution in [0.2, 0.25) is 0 Å². The molecule has 2 heterocycles. The van der Waals surface area contributed by atoms with Gasteiger partial charge in [-0.3, -0.25) is 4.98 Å². The third kappa shape index (κ3) is 1.78. The highest BCUT2D eigenvalue weighted by atomic mass is 31.0. The first-order valence-corrected chi connectivity index (χ1v) is 4.58. The quantitative estimate of drug-likeness (QED) is 0.596. The topological polar surface area (TPSA) is 28.7 Å². The van der Waals surface area contributed by atoms with Crippen LogP contribution in [-0.2, 0) is 0 Å². The molecule has 1 N–H and O–H groups in total. The van der Waals surface area contributed by atoms with E-state index in [1.165, 1.54) is 0 Å². The second-order valence-electron chi connectivity index (χ2n) is 1.91. The summed E-state index contributed by atoms with van der Waals surface area (Å²) in [7, 11) is 2.42. The maximum atomic E-state index is 4.11. The Balaban J connectivity index is 0.000000281. The zero-order chi connectivity index (χ0) is 8.10. The zero-order valence-electron chi connectivity index (χ0n) is 6.41. The number of hydrogen-bond acceptors (Lipinski definition) is 1. The third-order valence-corrected chi connectivity index (χ3v) is 1.32. The number of fused-ring (bicyclic) bond motifs is 1. The molecule has 0 aliphatic rings. The lowest BCUT2D eigenvalue weighted by atomic mass is 10.4. The van der Waals surface area contributed by atoms with Crippen LogP contribution >= 0.6 is 9.24 Å². The smallest absolute Gasteiger partial charge is 0.0878 e. The van der Waals surface area contributed by atoms with E-state index in [9.17, 15) is 0 Å². The van der Waals surface area contributed by atoms with E-state index in [-0.39, 0.29) is 0 Å². The molecule has 2 rings (SSSR count). The Bertz CT molecular complexity index is 286. The number of hydrogen-bond donors (Lipinski definition) is 1. The summed E-state index contributed by atoms with van der Waals surface area (Å²) in [6, 6.07) is 5.87. The fourth-order valence-electron chi connectivity index (χ4n) is 0.883. The second-order valence-corrected chi connectivity index (χ2v) is 1.91. The van der Waals surface area contributed by atoms with Gasteiger partial charge in [-0.25, -0.2) is 0 Å². The number of aromatic amines is 1. The molecule has 11 heavy (non-hydrogen) atoms. The molecule has 0 amide bonds. The van der Waals surface area contributed by atoms with E-state index in [4.69, 9.17) is 0 Å². The molecule has 2 aromatic heterocycles. The lowest BCUT2D eigenvalue weighted by Gasteiger charge is -1.82. The molecule has 1 unspecified atom stereocenters. The first-order chi connectivity index (χ1) is 5.47. The van der Waals surface area contributed by atoms with Crippen molar-refractivity contribution in [1.82, 2.24) is 9.97 Å². The highest BCUT2D eigenvalue weighted by Crippen LogP contribution is 2.05. The summed E-state index contributed by atoms with van der Waals surface area (Å²) >= 11 is 0. The van der Waals surface area contributed by atoms with Crippen LogP contribution in [0, 0.1) is 0 Å². The molecule has 58 valence electrons. The molecule has 0 bridgehead atoms. The maximum absolute atomic E-state index is 4.11. The molecule has 0 saturated heterocycles. The van der Waals surface area contributed by atoms with Crippen molar-refractivity contribution in [2.75, 3.05) is 6.66 Å². The van der Waals surface area contributed by atoms with Crippen molar-refractivity contribution in [2.24, 2.45) is 0 Å². The molecule has 0 spiro atoms. The second kappa shape index (κ2) is 4.09. The predicted octanol–water partition coefficient (Wildman–Crippen LogP) is 2.05. The van der Waals surface area contributed by atoms with Crippen molar-refractivity contribution < 1.29 is 0 Å². The van der Waals surface area contributed by atoms with Gasteiger partial charge in [0.15, 0.2) is 0 Å². The van der Waals surface area contributed by atoms with Gasteiger partial charge in [-0.1, -0.05) is 6.66 Å². The summed E-state index contributed by atoms with van der Waals surface area (Å²) in [6.07, 6.45) is 3.67. The minimum absolute atomic E-state index is 1.03. The van der Waals surface area contributed by atoms with E-state index in [1.807, 2.05) is 31.1 Å². The summed E-state index contributed by atoms with van der Waals surface area (Å²) in [6.45, 7) is 1.92. The largest absolute Gasteiger partial charge is 0.360 e. The van der Waals surface area contributed by atoms with Gasteiger partial charge >= 0.3 is 0 Å². The van der Waals surface area contributed by atoms with Gasteiger partial charge < -0.3 is 4.98 Å². The Morgan fingerprint density at radius 3 is 2.91 bits per heavy atom. The molecule has 0 saturated carbocycles. The number of nitrogens with zero attached hydrogens (tertiary/aromatic N) is 1. The molecule has 1 atom stereocenters. The normalized spacial score (nSPS) is 8.91. The summed E-state index contributed by atoms with van der Waals surface area (Å²) in [4.78, 5) is 7.17. The molecule has 0 aliphatic carbocycles. The summed E-state index contributed by atoms with van der Waals surface area (Å²) in [5.74, 6) is 0. The lowest BCUT2D eigenvalue weighted by Crippen LogP contribution is -1.68. The Hall–Kier alpha value is -0.880. The van der Waals surface area contributed by atoms with Gasteiger partial charge in [-0.15, -0.1) is 9.24 Å². The minimum atomic E-state index is 1.03. The zero-order valence-corrected chi connectivity index (χ0v) is 7.57. The molecule has 3 heteroatoms. The first-order valence-electron chi connectivity index (χ1n) is 3.43. The van der Waals surface area contributed by atoms with Crippen molar-refractivity contribution in [1.29, 1.82) is 0 Å². The van der Waals surface area contributed by atoms with Crippen LogP contribution in [0.25, 0.3) is 11.0 Å². The van der Waals surface area contributed by atoms with E-state index < -0.39 is 0 Å². The van der Waals surface area contributed by atoms with Gasteiger partial charge in [0.25, 0.3) is 0 Å². The Morgan fingerprint density at radius 1 is 1.36 bits per heavy atom. The van der Waals surface area contributed by atoms with Crippen molar-refractivity contribution in [3.8, 4) is 0 Å². The van der Waals surface area contributed by atoms with Gasteiger partial charge in [0, 0.05) is 12.4 Å². The molecule has 0 aromatic carbocycles. The van der Waals surface area contributed by atoms with Gasteiger partial charge in [0.05, 0.1) is 11.0 Å². The average Bonchev–Trinajstić information content (AvgIpc) is 2.55. The molecular formula is C8H11N2P. The number of H-pyrrole nitrogens is 1. The molecule has 2 aromatic rings. The number of aromatic nitrogens is 2. The van der Waals surface area contributed by atoms with Crippen molar-refractivity contribution >= 4 is 20.3 Å². The molecule has 0 aliphatic heterocycles. The lowest BCUT2D eigenvalue weighted by molar-refractivity contribution is 1.41. The fourth-order valence-corrected chi connectivity index (χ4v) is 0.883. The maximum Gasteiger partial charge on any atom is 0.0878 e. The highest BCUT2D eigenvalue weighted by Gasteiger charge is 1.88. The van der Waals surface area contributed by atoms with Crippen LogP contribution in [0.4, 0.5) is 0 Å². The third-order valence-electron chi connectivity index (χ3n) is 1.32. The number of pyridine rings is 1. The summed E-state index contributed by atoms with van der Waals surface area (Å²) in [5, 5.41) is 0. The Morgan fingerprint density at radius 2 is 2.18 bits per heavy atom. The van der Waals surface area contributed by atoms with Gasteiger partial charge in [0.2, 0.25) is 0 Å². The van der Waals surface area contributed by atoms with Crippen LogP contribution in [0.1, 0.15) is 0 Å². The SMILES string of the molecule is CP.c1cnc2cc[nH]c2c1. The monoisotopic (exact) mass is 166 g/mol. The number of nitrogens with one attached hydrogen (secondary N) is 1. The standard InChI is InChI=1S/C7H6N2.CH5P/c1-2-6-7(8-4-1)3-5-9-6;1-2/h1-5,9H;2H2,1H3. The van der Waals surface area contributed by atoms with Gasteiger partial charge in [-0.2, -0.15) is 0 Å². The van der Waals surface area contributed by atoms with Crippen LogP contribution in [-0.4, -0.2) is 16.6 Å². The predicted molar refractivity (Wildman–Crippen MR) is 51.7 cm³/mol. The molecule has 0 radical (unpaired) electrons. The Kier molecular flexibility index (Phi) is 3.06. The number of rotatable bonds is 0. The van der Waals surface area contributed by atoms with E-state index in [1.54, 1.807) is 6.20 Å². The van der Waals surface area contributed by atoms with E-state index in [0.29, 0.717) is 0 Å². The fraction of sp³-hybridized carbons (Fsp3) is 0.125. The van der Waals surface area contributed by atoms with Gasteiger partial charge in [0.1, 0.15) is 0 Å². The van der Waals surface area contributed by atoms with Crippen LogP contribution in [0.3, 0.4) is 0 Å². The van der Waals surface area contributed by atoms with Crippen LogP contribution in [0.15, 0.2) is 30.6 Å². The molecule has 0 fully saturated rings.